The minimum absolute atomic E-state index is 0.602. The second kappa shape index (κ2) is 13.3. The largest absolute Gasteiger partial charge is 0.256 e. The van der Waals surface area contributed by atoms with Crippen LogP contribution in [0.4, 0.5) is 0 Å². The molecule has 4 heteroatoms. The van der Waals surface area contributed by atoms with Crippen molar-refractivity contribution in [3.8, 4) is 78.8 Å². The van der Waals surface area contributed by atoms with Crippen molar-refractivity contribution in [3.05, 3.63) is 182 Å². The first-order valence-electron chi connectivity index (χ1n) is 16.4. The molecule has 0 aliphatic carbocycles. The van der Waals surface area contributed by atoms with Gasteiger partial charge in [-0.2, -0.15) is 0 Å². The number of hydrogen-bond donors (Lipinski definition) is 0. The molecule has 8 aromatic rings. The topological polar surface area (TPSA) is 51.6 Å². The second-order valence-corrected chi connectivity index (χ2v) is 12.1. The summed E-state index contributed by atoms with van der Waals surface area (Å²) < 4.78 is 0. The number of aryl methyl sites for hydroxylation is 1. The third-order valence-electron chi connectivity index (χ3n) is 8.67. The molecule has 232 valence electrons. The van der Waals surface area contributed by atoms with Crippen LogP contribution in [-0.4, -0.2) is 19.9 Å². The van der Waals surface area contributed by atoms with E-state index in [-0.39, 0.29) is 0 Å². The standard InChI is InChI=1S/C45H32N4/c1-31-15-17-36(18-16-31)39-28-40(42-14-8-9-27-46-42)30-41(29-39)45-48-43(37-23-19-34(20-24-37)32-10-4-2-5-11-32)47-44(49-45)38-25-21-35(22-26-38)33-12-6-3-7-13-33/h2-30H,1H3. The van der Waals surface area contributed by atoms with Gasteiger partial charge in [-0.15, -0.1) is 0 Å². The van der Waals surface area contributed by atoms with Crippen molar-refractivity contribution >= 4 is 0 Å². The normalized spacial score (nSPS) is 11.0. The fraction of sp³-hybridized carbons (Fsp3) is 0.0222. The predicted octanol–water partition coefficient (Wildman–Crippen LogP) is 11.2. The van der Waals surface area contributed by atoms with E-state index in [0.29, 0.717) is 17.5 Å². The maximum atomic E-state index is 5.11. The third-order valence-corrected chi connectivity index (χ3v) is 8.67. The molecule has 0 aliphatic heterocycles. The summed E-state index contributed by atoms with van der Waals surface area (Å²) in [6.45, 7) is 2.10. The van der Waals surface area contributed by atoms with Crippen LogP contribution in [0.1, 0.15) is 5.56 Å². The van der Waals surface area contributed by atoms with E-state index < -0.39 is 0 Å². The van der Waals surface area contributed by atoms with Crippen LogP contribution in [0, 0.1) is 6.92 Å². The van der Waals surface area contributed by atoms with E-state index in [2.05, 4.69) is 151 Å². The minimum Gasteiger partial charge on any atom is -0.256 e. The minimum atomic E-state index is 0.602. The van der Waals surface area contributed by atoms with E-state index in [1.165, 1.54) is 16.7 Å². The first kappa shape index (κ1) is 29.9. The van der Waals surface area contributed by atoms with Crippen LogP contribution >= 0.6 is 0 Å². The van der Waals surface area contributed by atoms with E-state index in [1.54, 1.807) is 0 Å². The lowest BCUT2D eigenvalue weighted by Crippen LogP contribution is -2.01. The van der Waals surface area contributed by atoms with E-state index in [4.69, 9.17) is 15.0 Å². The number of nitrogens with zero attached hydrogens (tertiary/aromatic N) is 4. The molecule has 0 radical (unpaired) electrons. The zero-order valence-corrected chi connectivity index (χ0v) is 27.0. The first-order valence-corrected chi connectivity index (χ1v) is 16.4. The smallest absolute Gasteiger partial charge is 0.164 e. The SMILES string of the molecule is Cc1ccc(-c2cc(-c3ccccn3)cc(-c3nc(-c4ccc(-c5ccccc5)cc4)nc(-c4ccc(-c5ccccc5)cc4)n3)c2)cc1. The summed E-state index contributed by atoms with van der Waals surface area (Å²) >= 11 is 0. The summed E-state index contributed by atoms with van der Waals surface area (Å²) in [6.07, 6.45) is 1.82. The Morgan fingerprint density at radius 2 is 0.694 bits per heavy atom. The van der Waals surface area contributed by atoms with E-state index in [1.807, 2.05) is 36.5 Å². The molecule has 0 atom stereocenters. The molecule has 0 unspecified atom stereocenters. The summed E-state index contributed by atoms with van der Waals surface area (Å²) in [5.74, 6) is 1.84. The van der Waals surface area contributed by atoms with Crippen LogP contribution in [0.25, 0.3) is 78.8 Å². The van der Waals surface area contributed by atoms with Gasteiger partial charge >= 0.3 is 0 Å². The van der Waals surface area contributed by atoms with E-state index in [0.717, 1.165) is 50.2 Å². The average Bonchev–Trinajstić information content (AvgIpc) is 3.19. The average molecular weight is 629 g/mol. The van der Waals surface area contributed by atoms with Crippen LogP contribution in [0.15, 0.2) is 176 Å². The van der Waals surface area contributed by atoms with Gasteiger partial charge in [0.1, 0.15) is 0 Å². The van der Waals surface area contributed by atoms with Crippen molar-refractivity contribution in [2.75, 3.05) is 0 Å². The van der Waals surface area contributed by atoms with Gasteiger partial charge in [0.2, 0.25) is 0 Å². The molecule has 0 fully saturated rings. The van der Waals surface area contributed by atoms with Gasteiger partial charge in [0.15, 0.2) is 17.5 Å². The molecule has 0 spiro atoms. The zero-order valence-electron chi connectivity index (χ0n) is 27.0. The summed E-state index contributed by atoms with van der Waals surface area (Å²) in [7, 11) is 0. The lowest BCUT2D eigenvalue weighted by molar-refractivity contribution is 1.07. The Morgan fingerprint density at radius 1 is 0.306 bits per heavy atom. The Morgan fingerprint density at radius 3 is 1.20 bits per heavy atom. The van der Waals surface area contributed by atoms with Gasteiger partial charge in [-0.1, -0.05) is 145 Å². The fourth-order valence-corrected chi connectivity index (χ4v) is 6.00. The summed E-state index contributed by atoms with van der Waals surface area (Å²) in [4.78, 5) is 19.9. The van der Waals surface area contributed by atoms with Crippen molar-refractivity contribution in [3.63, 3.8) is 0 Å². The van der Waals surface area contributed by atoms with Gasteiger partial charge in [-0.05, 0) is 70.6 Å². The number of pyridine rings is 1. The molecule has 0 bridgehead atoms. The highest BCUT2D eigenvalue weighted by atomic mass is 15.0. The molecule has 8 rings (SSSR count). The van der Waals surface area contributed by atoms with Gasteiger partial charge in [0.25, 0.3) is 0 Å². The van der Waals surface area contributed by atoms with Crippen LogP contribution in [-0.2, 0) is 0 Å². The molecular weight excluding hydrogens is 597 g/mol. The Balaban J connectivity index is 1.28. The Labute approximate surface area is 286 Å². The number of rotatable bonds is 7. The molecule has 6 aromatic carbocycles. The van der Waals surface area contributed by atoms with Crippen molar-refractivity contribution in [1.82, 2.24) is 19.9 Å². The summed E-state index contributed by atoms with van der Waals surface area (Å²) in [5.41, 5.74) is 12.6. The van der Waals surface area contributed by atoms with Crippen LogP contribution in [0.3, 0.4) is 0 Å². The lowest BCUT2D eigenvalue weighted by Gasteiger charge is -2.13. The monoisotopic (exact) mass is 628 g/mol. The third kappa shape index (κ3) is 6.53. The quantitative estimate of drug-likeness (QED) is 0.176. The molecule has 4 nitrogen and oxygen atoms in total. The van der Waals surface area contributed by atoms with Gasteiger partial charge < -0.3 is 0 Å². The van der Waals surface area contributed by atoms with Crippen molar-refractivity contribution < 1.29 is 0 Å². The number of benzene rings is 6. The molecule has 2 aromatic heterocycles. The molecular formula is C45H32N4. The van der Waals surface area contributed by atoms with Crippen molar-refractivity contribution in [2.45, 2.75) is 6.92 Å². The van der Waals surface area contributed by atoms with Crippen LogP contribution < -0.4 is 0 Å². The van der Waals surface area contributed by atoms with Gasteiger partial charge in [0, 0.05) is 28.5 Å². The molecule has 2 heterocycles. The number of hydrogen-bond acceptors (Lipinski definition) is 4. The van der Waals surface area contributed by atoms with E-state index in [9.17, 15) is 0 Å². The maximum absolute atomic E-state index is 5.11. The Kier molecular flexibility index (Phi) is 8.11. The molecule has 0 aliphatic rings. The van der Waals surface area contributed by atoms with Gasteiger partial charge in [0.05, 0.1) is 5.69 Å². The molecule has 0 saturated carbocycles. The molecule has 0 saturated heterocycles. The first-order chi connectivity index (χ1) is 24.2. The second-order valence-electron chi connectivity index (χ2n) is 12.1. The highest BCUT2D eigenvalue weighted by Crippen LogP contribution is 2.34. The molecule has 0 amide bonds. The van der Waals surface area contributed by atoms with Crippen LogP contribution in [0.2, 0.25) is 0 Å². The molecule has 49 heavy (non-hydrogen) atoms. The summed E-state index contributed by atoms with van der Waals surface area (Å²) in [5, 5.41) is 0. The highest BCUT2D eigenvalue weighted by Gasteiger charge is 2.16. The van der Waals surface area contributed by atoms with Gasteiger partial charge in [-0.25, -0.2) is 15.0 Å². The summed E-state index contributed by atoms with van der Waals surface area (Å²) in [6, 6.07) is 58.7. The van der Waals surface area contributed by atoms with Crippen molar-refractivity contribution in [1.29, 1.82) is 0 Å². The Hall–Kier alpha value is -6.52. The van der Waals surface area contributed by atoms with Crippen molar-refractivity contribution in [2.24, 2.45) is 0 Å². The fourth-order valence-electron chi connectivity index (χ4n) is 6.00. The van der Waals surface area contributed by atoms with Gasteiger partial charge in [-0.3, -0.25) is 4.98 Å². The predicted molar refractivity (Wildman–Crippen MR) is 200 cm³/mol. The lowest BCUT2D eigenvalue weighted by atomic mass is 9.97. The molecule has 0 N–H and O–H groups in total. The highest BCUT2D eigenvalue weighted by molar-refractivity contribution is 5.80. The van der Waals surface area contributed by atoms with E-state index >= 15 is 0 Å². The van der Waals surface area contributed by atoms with Crippen LogP contribution in [0.5, 0.6) is 0 Å². The Bertz CT molecular complexity index is 2230. The zero-order chi connectivity index (χ0) is 33.0. The number of aromatic nitrogens is 4. The maximum Gasteiger partial charge on any atom is 0.164 e.